The van der Waals surface area contributed by atoms with Gasteiger partial charge in [0, 0.05) is 2.74 Å². The van der Waals surface area contributed by atoms with E-state index in [2.05, 4.69) is 4.74 Å². The van der Waals surface area contributed by atoms with Crippen LogP contribution < -0.4 is 10.5 Å². The summed E-state index contributed by atoms with van der Waals surface area (Å²) >= 11 is 0.339. The Hall–Kier alpha value is -0.810. The largest absolute Gasteiger partial charge is 0.457 e. The van der Waals surface area contributed by atoms with Crippen molar-refractivity contribution in [3.8, 4) is 5.75 Å². The Bertz CT molecular complexity index is 422. The lowest BCUT2D eigenvalue weighted by atomic mass is 10.1. The summed E-state index contributed by atoms with van der Waals surface area (Å²) in [5.74, 6) is 0.0803. The minimum absolute atomic E-state index is 0.0418. The SMILES string of the molecule is [2H]C([2H])(N)Cc1ccc2c(c1)OC(F)(F)S2. The third-order valence-corrected chi connectivity index (χ3v) is 2.65. The van der Waals surface area contributed by atoms with Crippen LogP contribution in [0.15, 0.2) is 23.1 Å². The molecule has 0 radical (unpaired) electrons. The number of rotatable bonds is 2. The fraction of sp³-hybridized carbons (Fsp3) is 0.333. The van der Waals surface area contributed by atoms with Crippen LogP contribution >= 0.6 is 11.8 Å². The van der Waals surface area contributed by atoms with E-state index in [0.717, 1.165) is 0 Å². The third-order valence-electron chi connectivity index (χ3n) is 1.77. The molecule has 76 valence electrons. The number of ether oxygens (including phenoxy) is 1. The first-order valence-corrected chi connectivity index (χ1v) is 4.74. The standard InChI is InChI=1S/C9H9F2NOS/c10-9(11)13-7-5-6(3-4-12)1-2-8(7)14-9/h1-2,5H,3-4,12H2/i4D2. The summed E-state index contributed by atoms with van der Waals surface area (Å²) in [5.41, 5.74) is 2.50. The van der Waals surface area contributed by atoms with Gasteiger partial charge < -0.3 is 10.5 Å². The molecule has 2 nitrogen and oxygen atoms in total. The van der Waals surface area contributed by atoms with Crippen LogP contribution in [0, 0.1) is 0 Å². The molecule has 1 heterocycles. The first-order valence-electron chi connectivity index (χ1n) is 4.93. The highest BCUT2D eigenvalue weighted by Gasteiger charge is 2.41. The number of hydrogen-bond acceptors (Lipinski definition) is 3. The molecule has 1 aliphatic heterocycles. The van der Waals surface area contributed by atoms with Crippen molar-refractivity contribution in [3.05, 3.63) is 23.8 Å². The van der Waals surface area contributed by atoms with Crippen LogP contribution in [0.25, 0.3) is 0 Å². The number of thioether (sulfide) groups is 1. The Morgan fingerprint density at radius 2 is 2.36 bits per heavy atom. The molecule has 0 fully saturated rings. The fourth-order valence-electron chi connectivity index (χ4n) is 1.22. The van der Waals surface area contributed by atoms with E-state index in [0.29, 0.717) is 22.2 Å². The van der Waals surface area contributed by atoms with Gasteiger partial charge in [0.1, 0.15) is 5.75 Å². The first kappa shape index (κ1) is 7.48. The van der Waals surface area contributed by atoms with Gasteiger partial charge in [-0.1, -0.05) is 6.07 Å². The molecule has 2 rings (SSSR count). The third kappa shape index (κ3) is 1.83. The van der Waals surface area contributed by atoms with Crippen LogP contribution in [-0.2, 0) is 6.42 Å². The van der Waals surface area contributed by atoms with Gasteiger partial charge in [-0.05, 0) is 42.4 Å². The molecule has 0 unspecified atom stereocenters. The predicted molar refractivity (Wildman–Crippen MR) is 50.6 cm³/mol. The van der Waals surface area contributed by atoms with Crippen LogP contribution in [0.3, 0.4) is 0 Å². The first-order chi connectivity index (χ1) is 7.25. The normalized spacial score (nSPS) is 20.8. The zero-order valence-corrected chi connectivity index (χ0v) is 7.91. The van der Waals surface area contributed by atoms with Crippen LogP contribution in [-0.4, -0.2) is 11.9 Å². The van der Waals surface area contributed by atoms with Crippen molar-refractivity contribution in [2.24, 2.45) is 5.73 Å². The van der Waals surface area contributed by atoms with Crippen molar-refractivity contribution >= 4 is 11.8 Å². The zero-order chi connectivity index (χ0) is 12.0. The second kappa shape index (κ2) is 3.40. The molecule has 0 aromatic heterocycles. The number of nitrogens with two attached hydrogens (primary N) is 1. The minimum Gasteiger partial charge on any atom is -0.423 e. The van der Waals surface area contributed by atoms with E-state index in [9.17, 15) is 8.78 Å². The maximum Gasteiger partial charge on any atom is 0.457 e. The smallest absolute Gasteiger partial charge is 0.423 e. The molecule has 0 bridgehead atoms. The van der Waals surface area contributed by atoms with Crippen LogP contribution in [0.2, 0.25) is 0 Å². The minimum atomic E-state index is -3.23. The lowest BCUT2D eigenvalue weighted by molar-refractivity contribution is -0.0822. The summed E-state index contributed by atoms with van der Waals surface area (Å²) in [4.78, 5) is 0.353. The lowest BCUT2D eigenvalue weighted by Crippen LogP contribution is -2.13. The second-order valence-corrected chi connectivity index (χ2v) is 3.95. The molecule has 1 aromatic rings. The molecule has 5 heteroatoms. The van der Waals surface area contributed by atoms with Gasteiger partial charge in [0.05, 0.1) is 4.90 Å². The van der Waals surface area contributed by atoms with Crippen molar-refractivity contribution in [1.82, 2.24) is 0 Å². The highest BCUT2D eigenvalue weighted by Crippen LogP contribution is 2.49. The molecule has 14 heavy (non-hydrogen) atoms. The van der Waals surface area contributed by atoms with Gasteiger partial charge in [0.15, 0.2) is 0 Å². The summed E-state index contributed by atoms with van der Waals surface area (Å²) in [6.45, 7) is -1.86. The number of hydrogen-bond donors (Lipinski definition) is 1. The molecule has 0 spiro atoms. The zero-order valence-electron chi connectivity index (χ0n) is 9.09. The summed E-state index contributed by atoms with van der Waals surface area (Å²) in [6.07, 6.45) is -0.0418. The van der Waals surface area contributed by atoms with E-state index in [-0.39, 0.29) is 12.2 Å². The van der Waals surface area contributed by atoms with Gasteiger partial charge in [-0.3, -0.25) is 0 Å². The van der Waals surface area contributed by atoms with Crippen molar-refractivity contribution in [3.63, 3.8) is 0 Å². The quantitative estimate of drug-likeness (QED) is 0.828. The molecule has 2 N–H and O–H groups in total. The number of alkyl halides is 2. The Morgan fingerprint density at radius 1 is 1.57 bits per heavy atom. The summed E-state index contributed by atoms with van der Waals surface area (Å²) in [7, 11) is 0. The lowest BCUT2D eigenvalue weighted by Gasteiger charge is -2.05. The summed E-state index contributed by atoms with van der Waals surface area (Å²) < 4.78 is 44.5. The van der Waals surface area contributed by atoms with Crippen molar-refractivity contribution in [2.75, 3.05) is 6.50 Å². The monoisotopic (exact) mass is 219 g/mol. The molecular formula is C9H9F2NOS. The number of aryl methyl sites for hydroxylation is 1. The maximum atomic E-state index is 12.8. The van der Waals surface area contributed by atoms with E-state index < -0.39 is 11.9 Å². The summed E-state index contributed by atoms with van der Waals surface area (Å²) in [5, 5.41) is 0. The highest BCUT2D eigenvalue weighted by molar-refractivity contribution is 8.00. The topological polar surface area (TPSA) is 35.2 Å². The second-order valence-electron chi connectivity index (χ2n) is 2.83. The number of benzene rings is 1. The van der Waals surface area contributed by atoms with Gasteiger partial charge in [-0.25, -0.2) is 0 Å². The van der Waals surface area contributed by atoms with E-state index in [1.165, 1.54) is 12.1 Å². The van der Waals surface area contributed by atoms with Gasteiger partial charge >= 0.3 is 5.44 Å². The summed E-state index contributed by atoms with van der Waals surface area (Å²) in [6, 6.07) is 4.46. The fourth-order valence-corrected chi connectivity index (χ4v) is 1.95. The van der Waals surface area contributed by atoms with E-state index in [1.54, 1.807) is 6.07 Å². The molecular weight excluding hydrogens is 208 g/mol. The van der Waals surface area contributed by atoms with Crippen LogP contribution in [0.1, 0.15) is 8.30 Å². The molecule has 0 aliphatic carbocycles. The van der Waals surface area contributed by atoms with Crippen molar-refractivity contribution < 1.29 is 16.3 Å². The van der Waals surface area contributed by atoms with Gasteiger partial charge in [0.25, 0.3) is 0 Å². The van der Waals surface area contributed by atoms with Crippen LogP contribution in [0.4, 0.5) is 8.78 Å². The molecule has 1 aliphatic rings. The van der Waals surface area contributed by atoms with E-state index in [4.69, 9.17) is 8.48 Å². The number of halogens is 2. The molecule has 0 saturated carbocycles. The average Bonchev–Trinajstić information content (AvgIpc) is 2.34. The average molecular weight is 219 g/mol. The van der Waals surface area contributed by atoms with Gasteiger partial charge in [0.2, 0.25) is 0 Å². The molecule has 1 aromatic carbocycles. The Morgan fingerprint density at radius 3 is 3.07 bits per heavy atom. The Kier molecular flexibility index (Phi) is 1.82. The van der Waals surface area contributed by atoms with E-state index >= 15 is 0 Å². The van der Waals surface area contributed by atoms with Crippen molar-refractivity contribution in [1.29, 1.82) is 0 Å². The van der Waals surface area contributed by atoms with Crippen LogP contribution in [0.5, 0.6) is 5.75 Å². The molecule has 0 saturated heterocycles. The molecule has 0 amide bonds. The van der Waals surface area contributed by atoms with Gasteiger partial charge in [-0.2, -0.15) is 8.78 Å². The van der Waals surface area contributed by atoms with Gasteiger partial charge in [-0.15, -0.1) is 0 Å². The molecule has 0 atom stereocenters. The Labute approximate surface area is 87.2 Å². The Balaban J connectivity index is 2.23. The maximum absolute atomic E-state index is 12.8. The predicted octanol–water partition coefficient (Wildman–Crippen LogP) is 2.22. The highest BCUT2D eigenvalue weighted by atomic mass is 32.2. The van der Waals surface area contributed by atoms with Crippen molar-refractivity contribution in [2.45, 2.75) is 16.8 Å². The van der Waals surface area contributed by atoms with E-state index in [1.807, 2.05) is 0 Å². The number of fused-ring (bicyclic) bond motifs is 1.